The van der Waals surface area contributed by atoms with Gasteiger partial charge in [-0.05, 0) is 43.3 Å². The van der Waals surface area contributed by atoms with Crippen LogP contribution in [0.15, 0.2) is 47.4 Å². The monoisotopic (exact) mass is 311 g/mol. The quantitative estimate of drug-likeness (QED) is 0.707. The lowest BCUT2D eigenvalue weighted by atomic mass is 10.1. The molecule has 21 heavy (non-hydrogen) atoms. The Morgan fingerprint density at radius 1 is 1.00 bits per heavy atom. The van der Waals surface area contributed by atoms with Crippen LogP contribution in [0.3, 0.4) is 0 Å². The molecule has 0 saturated carbocycles. The van der Waals surface area contributed by atoms with Gasteiger partial charge in [-0.3, -0.25) is 0 Å². The van der Waals surface area contributed by atoms with Crippen LogP contribution in [0, 0.1) is 0 Å². The van der Waals surface area contributed by atoms with Crippen LogP contribution < -0.4 is 5.32 Å². The number of halogens is 2. The van der Waals surface area contributed by atoms with Crippen LogP contribution in [0.25, 0.3) is 0 Å². The zero-order chi connectivity index (χ0) is 15.4. The number of rotatable bonds is 5. The maximum atomic E-state index is 12.2. The van der Waals surface area contributed by atoms with E-state index in [0.29, 0.717) is 27.9 Å². The molecule has 112 valence electrons. The average molecular weight is 311 g/mol. The van der Waals surface area contributed by atoms with Gasteiger partial charge < -0.3 is 15.5 Å². The zero-order valence-electron chi connectivity index (χ0n) is 11.3. The lowest BCUT2D eigenvalue weighted by Crippen LogP contribution is -2.07. The second kappa shape index (κ2) is 6.67. The van der Waals surface area contributed by atoms with E-state index in [2.05, 4.69) is 5.32 Å². The van der Waals surface area contributed by atoms with E-state index in [9.17, 15) is 19.0 Å². The van der Waals surface area contributed by atoms with Gasteiger partial charge in [-0.1, -0.05) is 17.8 Å². The summed E-state index contributed by atoms with van der Waals surface area (Å²) in [7, 11) is 0. The average Bonchev–Trinajstić information content (AvgIpc) is 2.40. The van der Waals surface area contributed by atoms with Crippen molar-refractivity contribution in [3.05, 3.63) is 48.0 Å². The second-order valence-corrected chi connectivity index (χ2v) is 5.54. The molecule has 0 bridgehead atoms. The molecule has 2 aromatic carbocycles. The van der Waals surface area contributed by atoms with Crippen LogP contribution in [-0.2, 0) is 0 Å². The molecule has 0 aliphatic heterocycles. The molecule has 3 N–H and O–H groups in total. The van der Waals surface area contributed by atoms with E-state index in [4.69, 9.17) is 0 Å². The van der Waals surface area contributed by atoms with Crippen molar-refractivity contribution >= 4 is 17.4 Å². The molecule has 0 amide bonds. The van der Waals surface area contributed by atoms with Crippen molar-refractivity contribution < 1.29 is 19.0 Å². The van der Waals surface area contributed by atoms with Crippen LogP contribution in [0.1, 0.15) is 18.5 Å². The summed E-state index contributed by atoms with van der Waals surface area (Å²) in [6.45, 7) is 1.79. The molecule has 3 nitrogen and oxygen atoms in total. The summed E-state index contributed by atoms with van der Waals surface area (Å²) in [6, 6.07) is 10.8. The Balaban J connectivity index is 2.11. The van der Waals surface area contributed by atoms with Crippen molar-refractivity contribution in [2.45, 2.75) is 23.6 Å². The molecule has 0 aromatic heterocycles. The van der Waals surface area contributed by atoms with Crippen LogP contribution >= 0.6 is 11.8 Å². The van der Waals surface area contributed by atoms with Gasteiger partial charge in [-0.2, -0.15) is 8.78 Å². The Kier molecular flexibility index (Phi) is 4.90. The number of anilines is 1. The van der Waals surface area contributed by atoms with E-state index in [0.717, 1.165) is 0 Å². The summed E-state index contributed by atoms with van der Waals surface area (Å²) in [4.78, 5) is 0.480. The highest BCUT2D eigenvalue weighted by molar-refractivity contribution is 7.99. The van der Waals surface area contributed by atoms with E-state index in [1.807, 2.05) is 0 Å². The molecular weight excluding hydrogens is 296 g/mol. The van der Waals surface area contributed by atoms with E-state index in [1.54, 1.807) is 37.3 Å². The van der Waals surface area contributed by atoms with Crippen molar-refractivity contribution in [1.29, 1.82) is 0 Å². The summed E-state index contributed by atoms with van der Waals surface area (Å²) < 4.78 is 24.5. The fourth-order valence-electron chi connectivity index (χ4n) is 2.04. The molecular formula is C15H15F2NO2S. The van der Waals surface area contributed by atoms with Crippen molar-refractivity contribution in [2.24, 2.45) is 0 Å². The van der Waals surface area contributed by atoms with E-state index >= 15 is 0 Å². The Morgan fingerprint density at radius 3 is 2.10 bits per heavy atom. The number of nitrogens with one attached hydrogen (secondary N) is 1. The minimum absolute atomic E-state index is 0.000115. The van der Waals surface area contributed by atoms with Crippen LogP contribution in [-0.4, -0.2) is 16.0 Å². The number of phenolic OH excluding ortho intramolecular Hbond substituents is 2. The molecule has 0 heterocycles. The lowest BCUT2D eigenvalue weighted by molar-refractivity contribution is 0.252. The predicted molar refractivity (Wildman–Crippen MR) is 80.1 cm³/mol. The van der Waals surface area contributed by atoms with Gasteiger partial charge in [0.2, 0.25) is 0 Å². The number of alkyl halides is 2. The van der Waals surface area contributed by atoms with E-state index < -0.39 is 5.76 Å². The van der Waals surface area contributed by atoms with Gasteiger partial charge in [0.25, 0.3) is 5.76 Å². The first-order valence-electron chi connectivity index (χ1n) is 6.29. The third-order valence-electron chi connectivity index (χ3n) is 2.96. The van der Waals surface area contributed by atoms with Crippen LogP contribution in [0.4, 0.5) is 14.5 Å². The number of benzene rings is 2. The van der Waals surface area contributed by atoms with Crippen molar-refractivity contribution in [3.63, 3.8) is 0 Å². The van der Waals surface area contributed by atoms with E-state index in [1.165, 1.54) is 12.1 Å². The Bertz CT molecular complexity index is 585. The number of aromatic hydroxyl groups is 2. The summed E-state index contributed by atoms with van der Waals surface area (Å²) in [5.41, 5.74) is 1.10. The fraction of sp³-hybridized carbons (Fsp3) is 0.200. The van der Waals surface area contributed by atoms with Gasteiger partial charge in [0.15, 0.2) is 0 Å². The molecule has 0 aliphatic carbocycles. The summed E-state index contributed by atoms with van der Waals surface area (Å²) in [5.74, 6) is -2.44. The first-order valence-corrected chi connectivity index (χ1v) is 7.17. The second-order valence-electron chi connectivity index (χ2n) is 4.48. The number of phenols is 2. The van der Waals surface area contributed by atoms with Crippen molar-refractivity contribution in [3.8, 4) is 11.5 Å². The SMILES string of the molecule is CC(Nc1ccc(SC(F)F)cc1)c1c(O)cccc1O. The molecule has 0 fully saturated rings. The van der Waals surface area contributed by atoms with Gasteiger partial charge in [0, 0.05) is 10.6 Å². The van der Waals surface area contributed by atoms with Crippen LogP contribution in [0.5, 0.6) is 11.5 Å². The topological polar surface area (TPSA) is 52.5 Å². The summed E-state index contributed by atoms with van der Waals surface area (Å²) >= 11 is 0.486. The maximum Gasteiger partial charge on any atom is 0.288 e. The lowest BCUT2D eigenvalue weighted by Gasteiger charge is -2.18. The number of thioether (sulfide) groups is 1. The zero-order valence-corrected chi connectivity index (χ0v) is 12.1. The molecule has 1 unspecified atom stereocenters. The first-order chi connectivity index (χ1) is 9.97. The predicted octanol–water partition coefficient (Wildman–Crippen LogP) is 4.59. The molecule has 1 atom stereocenters. The minimum Gasteiger partial charge on any atom is -0.507 e. The molecule has 0 radical (unpaired) electrons. The van der Waals surface area contributed by atoms with E-state index in [-0.39, 0.29) is 17.5 Å². The smallest absolute Gasteiger partial charge is 0.288 e. The molecule has 2 rings (SSSR count). The van der Waals surface area contributed by atoms with Gasteiger partial charge in [-0.25, -0.2) is 0 Å². The standard InChI is InChI=1S/C15H15F2NO2S/c1-9(14-12(19)3-2-4-13(14)20)18-10-5-7-11(8-6-10)21-15(16)17/h2-9,15,18-20H,1H3. The van der Waals surface area contributed by atoms with Crippen LogP contribution in [0.2, 0.25) is 0 Å². The third-order valence-corrected chi connectivity index (χ3v) is 3.68. The molecule has 0 spiro atoms. The molecule has 2 aromatic rings. The highest BCUT2D eigenvalue weighted by atomic mass is 32.2. The largest absolute Gasteiger partial charge is 0.507 e. The van der Waals surface area contributed by atoms with Crippen molar-refractivity contribution in [2.75, 3.05) is 5.32 Å². The highest BCUT2D eigenvalue weighted by Crippen LogP contribution is 2.34. The maximum absolute atomic E-state index is 12.2. The Morgan fingerprint density at radius 2 is 1.57 bits per heavy atom. The van der Waals surface area contributed by atoms with Gasteiger partial charge in [-0.15, -0.1) is 0 Å². The summed E-state index contributed by atoms with van der Waals surface area (Å²) in [6.07, 6.45) is 0. The molecule has 6 heteroatoms. The minimum atomic E-state index is -2.44. The van der Waals surface area contributed by atoms with Crippen molar-refractivity contribution in [1.82, 2.24) is 0 Å². The Labute approximate surface area is 125 Å². The molecule has 0 saturated heterocycles. The summed E-state index contributed by atoms with van der Waals surface area (Å²) in [5, 5.41) is 22.7. The first kappa shape index (κ1) is 15.4. The third kappa shape index (κ3) is 4.01. The van der Waals surface area contributed by atoms with Gasteiger partial charge in [0.1, 0.15) is 11.5 Å². The number of hydrogen-bond donors (Lipinski definition) is 3. The highest BCUT2D eigenvalue weighted by Gasteiger charge is 2.15. The normalized spacial score (nSPS) is 12.4. The fourth-order valence-corrected chi connectivity index (χ4v) is 2.54. The molecule has 0 aliphatic rings. The van der Waals surface area contributed by atoms with Gasteiger partial charge in [0.05, 0.1) is 11.6 Å². The Hall–Kier alpha value is -1.95. The number of hydrogen-bond acceptors (Lipinski definition) is 4. The van der Waals surface area contributed by atoms with Gasteiger partial charge >= 0.3 is 0 Å².